The second kappa shape index (κ2) is 10.00. The monoisotopic (exact) mass is 500 g/mol. The van der Waals surface area contributed by atoms with E-state index in [0.29, 0.717) is 39.8 Å². The van der Waals surface area contributed by atoms with Crippen molar-refractivity contribution in [1.82, 2.24) is 14.0 Å². The Balaban J connectivity index is 1.53. The predicted molar refractivity (Wildman–Crippen MR) is 137 cm³/mol. The van der Waals surface area contributed by atoms with Crippen molar-refractivity contribution in [2.45, 2.75) is 38.1 Å². The van der Waals surface area contributed by atoms with Gasteiger partial charge in [0.2, 0.25) is 0 Å². The van der Waals surface area contributed by atoms with Crippen LogP contribution >= 0.6 is 11.6 Å². The summed E-state index contributed by atoms with van der Waals surface area (Å²) in [7, 11) is 1.51. The zero-order chi connectivity index (χ0) is 25.2. The fourth-order valence-corrected chi connectivity index (χ4v) is 4.99. The molecular weight excluding hydrogens is 476 g/mol. The standard InChI is InChI=1S/C28H25ClN4O3/c1-36-26-17-33(28(35)14-23(26)22-13-21(29)7-6-20(22)15-30)24(11-18-3-2-4-18)25(34)12-19-5-8-27-31-9-10-32(27)16-19/h5-10,13-14,16-18,24H,2-4,11-12H2,1H3. The van der Waals surface area contributed by atoms with Gasteiger partial charge in [0.15, 0.2) is 5.78 Å². The maximum atomic E-state index is 13.6. The molecule has 0 bridgehead atoms. The number of nitrogens with zero attached hydrogens (tertiary/aromatic N) is 4. The van der Waals surface area contributed by atoms with Gasteiger partial charge in [-0.2, -0.15) is 5.26 Å². The van der Waals surface area contributed by atoms with Gasteiger partial charge in [-0.1, -0.05) is 36.9 Å². The van der Waals surface area contributed by atoms with E-state index in [4.69, 9.17) is 16.3 Å². The van der Waals surface area contributed by atoms with Crippen LogP contribution in [0.4, 0.5) is 0 Å². The largest absolute Gasteiger partial charge is 0.495 e. The van der Waals surface area contributed by atoms with E-state index in [1.54, 1.807) is 30.6 Å². The summed E-state index contributed by atoms with van der Waals surface area (Å²) in [5.41, 5.74) is 2.72. The lowest BCUT2D eigenvalue weighted by Crippen LogP contribution is -2.33. The summed E-state index contributed by atoms with van der Waals surface area (Å²) in [6.07, 6.45) is 11.1. The predicted octanol–water partition coefficient (Wildman–Crippen LogP) is 5.24. The average molecular weight is 501 g/mol. The molecule has 1 aromatic carbocycles. The highest BCUT2D eigenvalue weighted by atomic mass is 35.5. The summed E-state index contributed by atoms with van der Waals surface area (Å²) in [5.74, 6) is 0.782. The summed E-state index contributed by atoms with van der Waals surface area (Å²) in [6, 6.07) is 11.6. The van der Waals surface area contributed by atoms with Crippen LogP contribution in [-0.2, 0) is 11.2 Å². The number of halogens is 1. The lowest BCUT2D eigenvalue weighted by atomic mass is 9.79. The number of carbonyl (C=O) groups is 1. The van der Waals surface area contributed by atoms with Crippen LogP contribution < -0.4 is 10.3 Å². The maximum absolute atomic E-state index is 13.6. The number of pyridine rings is 2. The van der Waals surface area contributed by atoms with Crippen molar-refractivity contribution in [3.05, 3.63) is 87.7 Å². The SMILES string of the molecule is COc1cn(C(CC2CCC2)C(=O)Cc2ccc3nccn3c2)c(=O)cc1-c1cc(Cl)ccc1C#N. The topological polar surface area (TPSA) is 89.4 Å². The molecule has 7 nitrogen and oxygen atoms in total. The van der Waals surface area contributed by atoms with E-state index >= 15 is 0 Å². The molecule has 1 unspecified atom stereocenters. The highest BCUT2D eigenvalue weighted by molar-refractivity contribution is 6.31. The molecule has 1 saturated carbocycles. The number of benzene rings is 1. The van der Waals surface area contributed by atoms with Gasteiger partial charge in [0.05, 0.1) is 31.0 Å². The second-order valence-electron chi connectivity index (χ2n) is 9.22. The number of Topliss-reactive ketones (excluding diaryl/α,β-unsaturated/α-hetero) is 1. The van der Waals surface area contributed by atoms with Crippen molar-refractivity contribution in [2.24, 2.45) is 5.92 Å². The number of nitriles is 1. The third kappa shape index (κ3) is 4.65. The molecule has 0 aliphatic heterocycles. The Bertz CT molecular complexity index is 1540. The number of hydrogen-bond donors (Lipinski definition) is 0. The Hall–Kier alpha value is -3.89. The number of carbonyl (C=O) groups excluding carboxylic acids is 1. The minimum absolute atomic E-state index is 0.0289. The third-order valence-corrected chi connectivity index (χ3v) is 7.21. The van der Waals surface area contributed by atoms with Crippen molar-refractivity contribution in [1.29, 1.82) is 5.26 Å². The van der Waals surface area contributed by atoms with E-state index in [-0.39, 0.29) is 17.8 Å². The van der Waals surface area contributed by atoms with Crippen LogP contribution in [0.25, 0.3) is 16.8 Å². The molecule has 5 rings (SSSR count). The second-order valence-corrected chi connectivity index (χ2v) is 9.66. The van der Waals surface area contributed by atoms with E-state index in [2.05, 4.69) is 11.1 Å². The van der Waals surface area contributed by atoms with E-state index in [1.807, 2.05) is 28.9 Å². The molecule has 1 atom stereocenters. The van der Waals surface area contributed by atoms with Crippen molar-refractivity contribution in [3.63, 3.8) is 0 Å². The molecule has 1 aliphatic carbocycles. The van der Waals surface area contributed by atoms with Gasteiger partial charge in [-0.3, -0.25) is 9.59 Å². The van der Waals surface area contributed by atoms with Gasteiger partial charge in [0.25, 0.3) is 5.56 Å². The Kier molecular flexibility index (Phi) is 6.62. The van der Waals surface area contributed by atoms with E-state index in [9.17, 15) is 14.9 Å². The molecule has 0 N–H and O–H groups in total. The van der Waals surface area contributed by atoms with Crippen LogP contribution in [0.5, 0.6) is 5.75 Å². The van der Waals surface area contributed by atoms with Gasteiger partial charge in [0.1, 0.15) is 11.4 Å². The Labute approximate surface area is 213 Å². The lowest BCUT2D eigenvalue weighted by molar-refractivity contribution is -0.122. The molecule has 36 heavy (non-hydrogen) atoms. The van der Waals surface area contributed by atoms with Crippen molar-refractivity contribution in [3.8, 4) is 22.9 Å². The number of hydrogen-bond acceptors (Lipinski definition) is 5. The van der Waals surface area contributed by atoms with Crippen LogP contribution in [0.3, 0.4) is 0 Å². The van der Waals surface area contributed by atoms with E-state index in [0.717, 1.165) is 30.5 Å². The fraction of sp³-hybridized carbons (Fsp3) is 0.286. The molecule has 4 aromatic rings. The average Bonchev–Trinajstić information content (AvgIpc) is 3.31. The molecular formula is C28H25ClN4O3. The van der Waals surface area contributed by atoms with Crippen LogP contribution in [0.1, 0.15) is 42.9 Å². The number of ether oxygens (including phenoxy) is 1. The van der Waals surface area contributed by atoms with Crippen LogP contribution in [0.15, 0.2) is 66.0 Å². The smallest absolute Gasteiger partial charge is 0.252 e. The first-order chi connectivity index (χ1) is 17.5. The van der Waals surface area contributed by atoms with Crippen molar-refractivity contribution in [2.75, 3.05) is 7.11 Å². The lowest BCUT2D eigenvalue weighted by Gasteiger charge is -2.30. The van der Waals surface area contributed by atoms with Gasteiger partial charge in [0, 0.05) is 47.2 Å². The zero-order valence-electron chi connectivity index (χ0n) is 19.9. The normalized spacial score (nSPS) is 14.2. The van der Waals surface area contributed by atoms with Gasteiger partial charge < -0.3 is 13.7 Å². The summed E-state index contributed by atoms with van der Waals surface area (Å²) < 4.78 is 9.01. The number of aromatic nitrogens is 3. The van der Waals surface area contributed by atoms with Crippen molar-refractivity contribution >= 4 is 23.0 Å². The molecule has 0 saturated heterocycles. The Morgan fingerprint density at radius 1 is 1.22 bits per heavy atom. The molecule has 1 fully saturated rings. The number of methoxy groups -OCH3 is 1. The summed E-state index contributed by atoms with van der Waals surface area (Å²) in [4.78, 5) is 31.3. The van der Waals surface area contributed by atoms with E-state index < -0.39 is 6.04 Å². The van der Waals surface area contributed by atoms with Gasteiger partial charge in [-0.15, -0.1) is 0 Å². The maximum Gasteiger partial charge on any atom is 0.252 e. The van der Waals surface area contributed by atoms with Crippen LogP contribution in [-0.4, -0.2) is 26.8 Å². The quantitative estimate of drug-likeness (QED) is 0.330. The molecule has 3 heterocycles. The molecule has 8 heteroatoms. The Morgan fingerprint density at radius 2 is 2.06 bits per heavy atom. The number of imidazole rings is 1. The van der Waals surface area contributed by atoms with Crippen LogP contribution in [0, 0.1) is 17.2 Å². The minimum Gasteiger partial charge on any atom is -0.495 e. The molecule has 0 spiro atoms. The summed E-state index contributed by atoms with van der Waals surface area (Å²) >= 11 is 6.18. The van der Waals surface area contributed by atoms with Crippen molar-refractivity contribution < 1.29 is 9.53 Å². The molecule has 0 amide bonds. The molecule has 0 radical (unpaired) electrons. The number of fused-ring (bicyclic) bond motifs is 1. The van der Waals surface area contributed by atoms with Gasteiger partial charge in [-0.05, 0) is 42.2 Å². The Morgan fingerprint density at radius 3 is 2.78 bits per heavy atom. The number of ketones is 1. The van der Waals surface area contributed by atoms with E-state index in [1.165, 1.54) is 17.7 Å². The first-order valence-corrected chi connectivity index (χ1v) is 12.3. The number of rotatable bonds is 8. The minimum atomic E-state index is -0.612. The first kappa shape index (κ1) is 23.8. The summed E-state index contributed by atoms with van der Waals surface area (Å²) in [5, 5.41) is 10.0. The van der Waals surface area contributed by atoms with Gasteiger partial charge >= 0.3 is 0 Å². The molecule has 3 aromatic heterocycles. The third-order valence-electron chi connectivity index (χ3n) is 6.97. The molecule has 1 aliphatic rings. The molecule has 182 valence electrons. The summed E-state index contributed by atoms with van der Waals surface area (Å²) in [6.45, 7) is 0. The van der Waals surface area contributed by atoms with Gasteiger partial charge in [-0.25, -0.2) is 4.98 Å². The highest BCUT2D eigenvalue weighted by Gasteiger charge is 2.29. The fourth-order valence-electron chi connectivity index (χ4n) is 4.82. The zero-order valence-corrected chi connectivity index (χ0v) is 20.6. The van der Waals surface area contributed by atoms with Crippen LogP contribution in [0.2, 0.25) is 5.02 Å². The first-order valence-electron chi connectivity index (χ1n) is 11.9. The highest BCUT2D eigenvalue weighted by Crippen LogP contribution is 2.37.